The number of aromatic nitrogens is 1. The molecule has 3 atom stereocenters. The maximum atomic E-state index is 12.4. The van der Waals surface area contributed by atoms with Crippen molar-refractivity contribution >= 4 is 28.7 Å². The molecule has 1 saturated heterocycles. The summed E-state index contributed by atoms with van der Waals surface area (Å²) in [4.78, 5) is 38.4. The second-order valence-electron chi connectivity index (χ2n) is 6.06. The minimum Gasteiger partial charge on any atom is -0.481 e. The Hall–Kier alpha value is -2.83. The van der Waals surface area contributed by atoms with E-state index in [4.69, 9.17) is 5.11 Å². The Morgan fingerprint density at radius 2 is 1.96 bits per heavy atom. The zero-order valence-corrected chi connectivity index (χ0v) is 13.2. The number of carboxylic acids is 1. The zero-order chi connectivity index (χ0) is 17.3. The van der Waals surface area contributed by atoms with Crippen LogP contribution in [0.15, 0.2) is 30.5 Å². The van der Waals surface area contributed by atoms with Crippen LogP contribution < -0.4 is 10.6 Å². The van der Waals surface area contributed by atoms with Crippen LogP contribution in [0.5, 0.6) is 0 Å². The first-order valence-electron chi connectivity index (χ1n) is 7.86. The Bertz CT molecular complexity index is 798. The number of carbonyl (C=O) groups excluding carboxylic acids is 2. The molecule has 24 heavy (non-hydrogen) atoms. The molecule has 0 aliphatic carbocycles. The lowest BCUT2D eigenvalue weighted by Crippen LogP contribution is -2.63. The van der Waals surface area contributed by atoms with Gasteiger partial charge in [0.1, 0.15) is 12.1 Å². The third kappa shape index (κ3) is 2.97. The molecule has 0 radical (unpaired) electrons. The molecule has 1 aromatic carbocycles. The first-order valence-corrected chi connectivity index (χ1v) is 7.86. The highest BCUT2D eigenvalue weighted by Crippen LogP contribution is 2.28. The Morgan fingerprint density at radius 3 is 2.71 bits per heavy atom. The number of carbonyl (C=O) groups is 3. The van der Waals surface area contributed by atoms with Crippen molar-refractivity contribution < 1.29 is 19.5 Å². The van der Waals surface area contributed by atoms with E-state index in [1.807, 2.05) is 37.4 Å². The molecule has 1 fully saturated rings. The number of carboxylic acid groups (broad SMARTS) is 1. The average molecular weight is 329 g/mol. The lowest BCUT2D eigenvalue weighted by atomic mass is 9.90. The zero-order valence-electron chi connectivity index (χ0n) is 13.2. The molecular formula is C17H19N3O4. The van der Waals surface area contributed by atoms with Crippen LogP contribution in [0.1, 0.15) is 31.2 Å². The maximum Gasteiger partial charge on any atom is 0.303 e. The van der Waals surface area contributed by atoms with Gasteiger partial charge in [-0.15, -0.1) is 0 Å². The van der Waals surface area contributed by atoms with E-state index in [2.05, 4.69) is 15.6 Å². The summed E-state index contributed by atoms with van der Waals surface area (Å²) in [6, 6.07) is 6.30. The molecule has 3 rings (SSSR count). The molecule has 7 heteroatoms. The van der Waals surface area contributed by atoms with Gasteiger partial charge in [0, 0.05) is 29.4 Å². The van der Waals surface area contributed by atoms with Gasteiger partial charge >= 0.3 is 5.97 Å². The third-order valence-corrected chi connectivity index (χ3v) is 4.47. The fourth-order valence-electron chi connectivity index (χ4n) is 3.12. The normalized spacial score (nSPS) is 22.0. The van der Waals surface area contributed by atoms with E-state index >= 15 is 0 Å². The number of hydrogen-bond donors (Lipinski definition) is 4. The number of hydrogen-bond acceptors (Lipinski definition) is 3. The van der Waals surface area contributed by atoms with E-state index in [0.717, 1.165) is 16.5 Å². The van der Waals surface area contributed by atoms with Crippen molar-refractivity contribution in [3.05, 3.63) is 36.0 Å². The number of aliphatic carboxylic acids is 1. The van der Waals surface area contributed by atoms with E-state index < -0.39 is 18.1 Å². The van der Waals surface area contributed by atoms with Crippen molar-refractivity contribution in [2.24, 2.45) is 0 Å². The lowest BCUT2D eigenvalue weighted by Gasteiger charge is -2.32. The topological polar surface area (TPSA) is 111 Å². The number of nitrogens with one attached hydrogen (secondary N) is 3. The van der Waals surface area contributed by atoms with E-state index in [1.54, 1.807) is 0 Å². The molecular weight excluding hydrogens is 310 g/mol. The minimum atomic E-state index is -0.994. The second kappa shape index (κ2) is 6.35. The SMILES string of the molecule is CC(c1c[nH]c2ccccc12)[C@H]1NC(=O)[C@@H](CCC(=O)O)NC1=O. The number of fused-ring (bicyclic) bond motifs is 1. The van der Waals surface area contributed by atoms with E-state index in [1.165, 1.54) is 0 Å². The van der Waals surface area contributed by atoms with Crippen LogP contribution in [-0.4, -0.2) is 40.0 Å². The van der Waals surface area contributed by atoms with Gasteiger partial charge in [-0.25, -0.2) is 0 Å². The smallest absolute Gasteiger partial charge is 0.303 e. The summed E-state index contributed by atoms with van der Waals surface area (Å²) in [6.45, 7) is 1.89. The molecule has 2 amide bonds. The largest absolute Gasteiger partial charge is 0.481 e. The molecule has 1 unspecified atom stereocenters. The standard InChI is InChI=1S/C17H19N3O4/c1-9(11-8-18-12-5-3-2-4-10(11)12)15-17(24)19-13(16(23)20-15)6-7-14(21)22/h2-5,8-9,13,15,18H,6-7H2,1H3,(H,19,24)(H,20,23)(H,21,22)/t9?,13-,15-/m1/s1. The molecule has 0 saturated carbocycles. The van der Waals surface area contributed by atoms with Gasteiger partial charge < -0.3 is 20.7 Å². The first kappa shape index (κ1) is 16.0. The Balaban J connectivity index is 1.77. The van der Waals surface area contributed by atoms with Crippen LogP contribution >= 0.6 is 0 Å². The molecule has 1 aliphatic rings. The van der Waals surface area contributed by atoms with Crippen molar-refractivity contribution in [2.45, 2.75) is 37.8 Å². The van der Waals surface area contributed by atoms with Gasteiger partial charge in [-0.1, -0.05) is 25.1 Å². The van der Waals surface area contributed by atoms with Crippen LogP contribution in [-0.2, 0) is 14.4 Å². The fourth-order valence-corrected chi connectivity index (χ4v) is 3.12. The number of piperazine rings is 1. The number of amides is 2. The highest BCUT2D eigenvalue weighted by Gasteiger charge is 2.37. The highest BCUT2D eigenvalue weighted by molar-refractivity contribution is 5.98. The van der Waals surface area contributed by atoms with Crippen molar-refractivity contribution in [1.29, 1.82) is 0 Å². The molecule has 0 bridgehead atoms. The highest BCUT2D eigenvalue weighted by atomic mass is 16.4. The predicted molar refractivity (Wildman–Crippen MR) is 87.4 cm³/mol. The van der Waals surface area contributed by atoms with Gasteiger partial charge in [0.2, 0.25) is 11.8 Å². The minimum absolute atomic E-state index is 0.0844. The summed E-state index contributed by atoms with van der Waals surface area (Å²) in [5.74, 6) is -1.84. The summed E-state index contributed by atoms with van der Waals surface area (Å²) in [7, 11) is 0. The van der Waals surface area contributed by atoms with Gasteiger partial charge in [-0.2, -0.15) is 0 Å². The van der Waals surface area contributed by atoms with Crippen LogP contribution in [0.25, 0.3) is 10.9 Å². The predicted octanol–water partition coefficient (Wildman–Crippen LogP) is 1.12. The van der Waals surface area contributed by atoms with Crippen molar-refractivity contribution in [3.63, 3.8) is 0 Å². The van der Waals surface area contributed by atoms with Gasteiger partial charge in [-0.3, -0.25) is 14.4 Å². The van der Waals surface area contributed by atoms with Crippen molar-refractivity contribution in [1.82, 2.24) is 15.6 Å². The summed E-state index contributed by atoms with van der Waals surface area (Å²) >= 11 is 0. The van der Waals surface area contributed by atoms with E-state index in [9.17, 15) is 14.4 Å². The Kier molecular flexibility index (Phi) is 4.24. The average Bonchev–Trinajstić information content (AvgIpc) is 2.98. The van der Waals surface area contributed by atoms with Crippen LogP contribution in [0.3, 0.4) is 0 Å². The number of rotatable bonds is 5. The summed E-state index contributed by atoms with van der Waals surface area (Å²) in [5.41, 5.74) is 1.93. The van der Waals surface area contributed by atoms with Crippen LogP contribution in [0, 0.1) is 0 Å². The number of para-hydroxylation sites is 1. The summed E-state index contributed by atoms with van der Waals surface area (Å²) in [5, 5.41) is 15.1. The molecule has 7 nitrogen and oxygen atoms in total. The molecule has 2 heterocycles. The number of benzene rings is 1. The fraction of sp³-hybridized carbons (Fsp3) is 0.353. The maximum absolute atomic E-state index is 12.4. The molecule has 1 aliphatic heterocycles. The molecule has 1 aromatic heterocycles. The monoisotopic (exact) mass is 329 g/mol. The van der Waals surface area contributed by atoms with Crippen LogP contribution in [0.4, 0.5) is 0 Å². The second-order valence-corrected chi connectivity index (χ2v) is 6.06. The van der Waals surface area contributed by atoms with Gasteiger partial charge in [0.05, 0.1) is 0 Å². The molecule has 0 spiro atoms. The van der Waals surface area contributed by atoms with E-state index in [0.29, 0.717) is 0 Å². The molecule has 126 valence electrons. The molecule has 4 N–H and O–H groups in total. The van der Waals surface area contributed by atoms with Gasteiger partial charge in [-0.05, 0) is 18.1 Å². The van der Waals surface area contributed by atoms with Crippen molar-refractivity contribution in [2.75, 3.05) is 0 Å². The molecule has 2 aromatic rings. The van der Waals surface area contributed by atoms with E-state index in [-0.39, 0.29) is 30.6 Å². The Labute approximate surface area is 138 Å². The van der Waals surface area contributed by atoms with Crippen LogP contribution in [0.2, 0.25) is 0 Å². The van der Waals surface area contributed by atoms with Crippen molar-refractivity contribution in [3.8, 4) is 0 Å². The summed E-state index contributed by atoms with van der Waals surface area (Å²) < 4.78 is 0. The van der Waals surface area contributed by atoms with Gasteiger partial charge in [0.25, 0.3) is 0 Å². The lowest BCUT2D eigenvalue weighted by molar-refractivity contribution is -0.140. The third-order valence-electron chi connectivity index (χ3n) is 4.47. The number of aromatic amines is 1. The first-order chi connectivity index (χ1) is 11.5. The summed E-state index contributed by atoms with van der Waals surface area (Å²) in [6.07, 6.45) is 1.77. The Morgan fingerprint density at radius 1 is 1.21 bits per heavy atom. The quantitative estimate of drug-likeness (QED) is 0.658. The number of H-pyrrole nitrogens is 1. The van der Waals surface area contributed by atoms with Gasteiger partial charge in [0.15, 0.2) is 0 Å².